The molecule has 4 rings (SSSR count). The van der Waals surface area contributed by atoms with Gasteiger partial charge in [0.05, 0.1) is 0 Å². The molecular formula is C21H18ClNO3S. The number of hydrogen-bond donors (Lipinski definition) is 2. The number of nitrogens with one attached hydrogen (secondary N) is 1. The fourth-order valence-electron chi connectivity index (χ4n) is 3.69. The van der Waals surface area contributed by atoms with E-state index >= 15 is 0 Å². The lowest BCUT2D eigenvalue weighted by Gasteiger charge is -2.13. The van der Waals surface area contributed by atoms with Crippen molar-refractivity contribution in [3.63, 3.8) is 0 Å². The van der Waals surface area contributed by atoms with Crippen LogP contribution in [-0.2, 0) is 17.6 Å². The number of carboxylic acids is 1. The second-order valence-corrected chi connectivity index (χ2v) is 8.19. The summed E-state index contributed by atoms with van der Waals surface area (Å²) in [6.45, 7) is 0. The number of thiophene rings is 1. The van der Waals surface area contributed by atoms with Crippen molar-refractivity contribution < 1.29 is 14.7 Å². The first-order valence-electron chi connectivity index (χ1n) is 8.81. The highest BCUT2D eigenvalue weighted by Gasteiger charge is 2.29. The molecule has 0 atom stereocenters. The first-order valence-corrected chi connectivity index (χ1v) is 10.1. The number of amides is 1. The number of rotatable bonds is 4. The molecule has 27 heavy (non-hydrogen) atoms. The highest BCUT2D eigenvalue weighted by molar-refractivity contribution is 7.15. The smallest absolute Gasteiger partial charge is 0.339 e. The van der Waals surface area contributed by atoms with E-state index in [1.54, 1.807) is 11.5 Å². The molecule has 0 saturated carbocycles. The van der Waals surface area contributed by atoms with Crippen LogP contribution in [0.15, 0.2) is 46.8 Å². The topological polar surface area (TPSA) is 66.4 Å². The van der Waals surface area contributed by atoms with Crippen LogP contribution in [0, 0.1) is 5.92 Å². The Morgan fingerprint density at radius 2 is 1.81 bits per heavy atom. The highest BCUT2D eigenvalue weighted by Crippen LogP contribution is 2.38. The van der Waals surface area contributed by atoms with Crippen molar-refractivity contribution in [1.82, 2.24) is 0 Å². The van der Waals surface area contributed by atoms with Crippen LogP contribution in [0.4, 0.5) is 5.00 Å². The van der Waals surface area contributed by atoms with Gasteiger partial charge in [-0.2, -0.15) is 0 Å². The van der Waals surface area contributed by atoms with Crippen molar-refractivity contribution in [3.05, 3.63) is 69.1 Å². The number of carbonyl (C=O) groups excluding carboxylic acids is 1. The number of fused-ring (bicyclic) bond motifs is 1. The average Bonchev–Trinajstić information content (AvgIpc) is 3.26. The molecular weight excluding hydrogens is 382 g/mol. The molecule has 1 aromatic heterocycles. The third kappa shape index (κ3) is 3.57. The Kier molecular flexibility index (Phi) is 4.89. The van der Waals surface area contributed by atoms with E-state index in [4.69, 9.17) is 11.6 Å². The summed E-state index contributed by atoms with van der Waals surface area (Å²) in [5.41, 5.74) is 4.15. The first-order chi connectivity index (χ1) is 13.0. The van der Waals surface area contributed by atoms with Gasteiger partial charge in [0.15, 0.2) is 0 Å². The SMILES string of the molecule is O=C(O)c1c(C2=CC=C(Cl)CC2)csc1NC(=O)C1Cc2ccccc2C1. The molecule has 0 aliphatic heterocycles. The molecule has 0 saturated heterocycles. The molecule has 0 fully saturated rings. The van der Waals surface area contributed by atoms with E-state index in [1.165, 1.54) is 22.5 Å². The van der Waals surface area contributed by atoms with Gasteiger partial charge in [-0.1, -0.05) is 41.9 Å². The zero-order chi connectivity index (χ0) is 19.0. The van der Waals surface area contributed by atoms with E-state index in [0.717, 1.165) is 10.6 Å². The van der Waals surface area contributed by atoms with Crippen molar-refractivity contribution >= 4 is 45.4 Å². The van der Waals surface area contributed by atoms with Crippen LogP contribution in [0.1, 0.15) is 39.9 Å². The number of halogens is 1. The van der Waals surface area contributed by atoms with Gasteiger partial charge in [-0.15, -0.1) is 11.3 Å². The maximum Gasteiger partial charge on any atom is 0.339 e. The molecule has 2 aliphatic rings. The summed E-state index contributed by atoms with van der Waals surface area (Å²) >= 11 is 7.27. The van der Waals surface area contributed by atoms with E-state index in [-0.39, 0.29) is 17.4 Å². The van der Waals surface area contributed by atoms with Gasteiger partial charge in [-0.05, 0) is 48.5 Å². The van der Waals surface area contributed by atoms with Gasteiger partial charge in [0.2, 0.25) is 5.91 Å². The molecule has 4 nitrogen and oxygen atoms in total. The van der Waals surface area contributed by atoms with Crippen LogP contribution in [0.5, 0.6) is 0 Å². The molecule has 0 spiro atoms. The molecule has 2 N–H and O–H groups in total. The lowest BCUT2D eigenvalue weighted by Crippen LogP contribution is -2.23. The van der Waals surface area contributed by atoms with Crippen molar-refractivity contribution in [1.29, 1.82) is 0 Å². The highest BCUT2D eigenvalue weighted by atomic mass is 35.5. The Morgan fingerprint density at radius 3 is 2.41 bits per heavy atom. The summed E-state index contributed by atoms with van der Waals surface area (Å²) in [5, 5.41) is 15.6. The fraction of sp³-hybridized carbons (Fsp3) is 0.238. The molecule has 2 aromatic rings. The predicted molar refractivity (Wildman–Crippen MR) is 108 cm³/mol. The van der Waals surface area contributed by atoms with E-state index in [2.05, 4.69) is 5.32 Å². The third-order valence-electron chi connectivity index (χ3n) is 5.11. The zero-order valence-electron chi connectivity index (χ0n) is 14.5. The summed E-state index contributed by atoms with van der Waals surface area (Å²) in [6, 6.07) is 8.04. The van der Waals surface area contributed by atoms with E-state index in [1.807, 2.05) is 30.3 Å². The lowest BCUT2D eigenvalue weighted by atomic mass is 9.96. The fourth-order valence-corrected chi connectivity index (χ4v) is 4.83. The zero-order valence-corrected chi connectivity index (χ0v) is 16.1. The van der Waals surface area contributed by atoms with Crippen molar-refractivity contribution in [2.24, 2.45) is 5.92 Å². The standard InChI is InChI=1S/C21H18ClNO3S/c22-16-7-5-12(6-8-16)17-11-27-20(18(17)21(25)26)23-19(24)15-9-13-3-1-2-4-14(13)10-15/h1-5,7,11,15H,6,8-10H2,(H,23,24)(H,25,26). The summed E-state index contributed by atoms with van der Waals surface area (Å²) in [5.74, 6) is -1.31. The lowest BCUT2D eigenvalue weighted by molar-refractivity contribution is -0.119. The minimum absolute atomic E-state index is 0.123. The number of benzene rings is 1. The molecule has 1 heterocycles. The number of carbonyl (C=O) groups is 2. The van der Waals surface area contributed by atoms with Crippen LogP contribution in [0.3, 0.4) is 0 Å². The molecule has 0 radical (unpaired) electrons. The summed E-state index contributed by atoms with van der Waals surface area (Å²) < 4.78 is 0. The minimum Gasteiger partial charge on any atom is -0.478 e. The van der Waals surface area contributed by atoms with Crippen LogP contribution in [-0.4, -0.2) is 17.0 Å². The molecule has 1 aromatic carbocycles. The third-order valence-corrected chi connectivity index (χ3v) is 6.32. The van der Waals surface area contributed by atoms with Gasteiger partial charge in [0.25, 0.3) is 0 Å². The molecule has 2 aliphatic carbocycles. The van der Waals surface area contributed by atoms with Crippen molar-refractivity contribution in [2.45, 2.75) is 25.7 Å². The molecule has 1 amide bonds. The van der Waals surface area contributed by atoms with Crippen LogP contribution >= 0.6 is 22.9 Å². The number of anilines is 1. The molecule has 0 bridgehead atoms. The summed E-state index contributed by atoms with van der Waals surface area (Å²) in [7, 11) is 0. The summed E-state index contributed by atoms with van der Waals surface area (Å²) in [6.07, 6.45) is 6.44. The second-order valence-electron chi connectivity index (χ2n) is 6.83. The predicted octanol–water partition coefficient (Wildman–Crippen LogP) is 5.10. The second kappa shape index (κ2) is 7.33. The summed E-state index contributed by atoms with van der Waals surface area (Å²) in [4.78, 5) is 24.6. The number of carboxylic acid groups (broad SMARTS) is 1. The van der Waals surface area contributed by atoms with Crippen LogP contribution in [0.25, 0.3) is 5.57 Å². The average molecular weight is 400 g/mol. The van der Waals surface area contributed by atoms with E-state index < -0.39 is 5.97 Å². The normalized spacial score (nSPS) is 16.5. The largest absolute Gasteiger partial charge is 0.478 e. The molecule has 0 unspecified atom stereocenters. The van der Waals surface area contributed by atoms with Gasteiger partial charge in [-0.3, -0.25) is 4.79 Å². The molecule has 6 heteroatoms. The Balaban J connectivity index is 1.56. The van der Waals surface area contributed by atoms with Crippen molar-refractivity contribution in [3.8, 4) is 0 Å². The van der Waals surface area contributed by atoms with E-state index in [9.17, 15) is 14.7 Å². The number of hydrogen-bond acceptors (Lipinski definition) is 3. The van der Waals surface area contributed by atoms with Gasteiger partial charge in [-0.25, -0.2) is 4.79 Å². The number of aromatic carboxylic acids is 1. The van der Waals surface area contributed by atoms with Gasteiger partial charge in [0.1, 0.15) is 10.6 Å². The quantitative estimate of drug-likeness (QED) is 0.751. The minimum atomic E-state index is -1.03. The Bertz CT molecular complexity index is 964. The van der Waals surface area contributed by atoms with E-state index in [0.29, 0.717) is 36.2 Å². The Morgan fingerprint density at radius 1 is 1.11 bits per heavy atom. The van der Waals surface area contributed by atoms with Gasteiger partial charge < -0.3 is 10.4 Å². The van der Waals surface area contributed by atoms with Gasteiger partial charge in [0, 0.05) is 21.9 Å². The Hall–Kier alpha value is -2.37. The Labute approximate surface area is 166 Å². The van der Waals surface area contributed by atoms with Crippen molar-refractivity contribution in [2.75, 3.05) is 5.32 Å². The van der Waals surface area contributed by atoms with Crippen LogP contribution < -0.4 is 5.32 Å². The maximum absolute atomic E-state index is 12.7. The first kappa shape index (κ1) is 18.0. The number of allylic oxidation sites excluding steroid dienone is 4. The molecule has 138 valence electrons. The monoisotopic (exact) mass is 399 g/mol. The van der Waals surface area contributed by atoms with Crippen LogP contribution in [0.2, 0.25) is 0 Å². The maximum atomic E-state index is 12.7. The van der Waals surface area contributed by atoms with Gasteiger partial charge >= 0.3 is 5.97 Å².